The van der Waals surface area contributed by atoms with Crippen LogP contribution in [0.5, 0.6) is 0 Å². The number of aromatic nitrogens is 3. The van der Waals surface area contributed by atoms with Crippen molar-refractivity contribution < 1.29 is 4.79 Å². The molecule has 2 heterocycles. The van der Waals surface area contributed by atoms with Crippen molar-refractivity contribution in [1.29, 1.82) is 0 Å². The van der Waals surface area contributed by atoms with Gasteiger partial charge in [-0.25, -0.2) is 4.79 Å². The van der Waals surface area contributed by atoms with Crippen molar-refractivity contribution in [3.8, 4) is 0 Å². The zero-order chi connectivity index (χ0) is 14.8. The van der Waals surface area contributed by atoms with Gasteiger partial charge in [-0.05, 0) is 30.3 Å². The zero-order valence-electron chi connectivity index (χ0n) is 11.0. The number of benzene rings is 1. The summed E-state index contributed by atoms with van der Waals surface area (Å²) < 4.78 is 0. The molecule has 0 radical (unpaired) electrons. The SMILES string of the molecule is Nc1ccc(CC(=O)Nc2ccc3[nH]c(=O)[nH]c3c2)nc1. The van der Waals surface area contributed by atoms with Gasteiger partial charge in [0, 0.05) is 11.4 Å². The minimum absolute atomic E-state index is 0.155. The van der Waals surface area contributed by atoms with Gasteiger partial charge in [-0.15, -0.1) is 0 Å². The maximum absolute atomic E-state index is 11.9. The highest BCUT2D eigenvalue weighted by atomic mass is 16.1. The van der Waals surface area contributed by atoms with Crippen LogP contribution in [0.15, 0.2) is 41.3 Å². The number of pyridine rings is 1. The van der Waals surface area contributed by atoms with Gasteiger partial charge in [0.25, 0.3) is 0 Å². The summed E-state index contributed by atoms with van der Waals surface area (Å²) in [4.78, 5) is 32.5. The molecule has 0 bridgehead atoms. The second-order valence-electron chi connectivity index (χ2n) is 4.65. The number of fused-ring (bicyclic) bond motifs is 1. The number of rotatable bonds is 3. The van der Waals surface area contributed by atoms with Gasteiger partial charge in [0.05, 0.1) is 29.3 Å². The third-order valence-corrected chi connectivity index (χ3v) is 2.99. The number of hydrogen-bond acceptors (Lipinski definition) is 4. The fourth-order valence-electron chi connectivity index (χ4n) is 2.02. The van der Waals surface area contributed by atoms with Crippen molar-refractivity contribution in [3.05, 3.63) is 52.7 Å². The van der Waals surface area contributed by atoms with Gasteiger partial charge in [0.15, 0.2) is 0 Å². The van der Waals surface area contributed by atoms with Crippen LogP contribution in [0.2, 0.25) is 0 Å². The Morgan fingerprint density at radius 3 is 2.76 bits per heavy atom. The molecule has 7 heteroatoms. The molecular weight excluding hydrogens is 270 g/mol. The van der Waals surface area contributed by atoms with Gasteiger partial charge < -0.3 is 21.0 Å². The predicted molar refractivity (Wildman–Crippen MR) is 79.9 cm³/mol. The Morgan fingerprint density at radius 2 is 2.00 bits per heavy atom. The molecule has 0 aliphatic carbocycles. The van der Waals surface area contributed by atoms with Crippen LogP contribution in [-0.2, 0) is 11.2 Å². The maximum atomic E-state index is 11.9. The van der Waals surface area contributed by atoms with Crippen LogP contribution in [0.25, 0.3) is 11.0 Å². The van der Waals surface area contributed by atoms with E-state index < -0.39 is 0 Å². The second-order valence-corrected chi connectivity index (χ2v) is 4.65. The molecule has 0 aliphatic heterocycles. The van der Waals surface area contributed by atoms with E-state index in [0.29, 0.717) is 28.1 Å². The molecule has 0 spiro atoms. The molecule has 5 N–H and O–H groups in total. The number of H-pyrrole nitrogens is 2. The van der Waals surface area contributed by atoms with Gasteiger partial charge in [-0.3, -0.25) is 9.78 Å². The van der Waals surface area contributed by atoms with E-state index in [4.69, 9.17) is 5.73 Å². The lowest BCUT2D eigenvalue weighted by Crippen LogP contribution is -2.15. The third-order valence-electron chi connectivity index (χ3n) is 2.99. The summed E-state index contributed by atoms with van der Waals surface area (Å²) in [5, 5.41) is 2.76. The lowest BCUT2D eigenvalue weighted by atomic mass is 10.2. The van der Waals surface area contributed by atoms with E-state index in [0.717, 1.165) is 0 Å². The summed E-state index contributed by atoms with van der Waals surface area (Å²) in [6, 6.07) is 8.56. The Kier molecular flexibility index (Phi) is 3.15. The number of hydrogen-bond donors (Lipinski definition) is 4. The summed E-state index contributed by atoms with van der Waals surface area (Å²) in [6.45, 7) is 0. The number of nitrogens with one attached hydrogen (secondary N) is 3. The van der Waals surface area contributed by atoms with Crippen molar-refractivity contribution in [1.82, 2.24) is 15.0 Å². The normalized spacial score (nSPS) is 10.7. The molecule has 1 amide bonds. The molecule has 0 fully saturated rings. The van der Waals surface area contributed by atoms with Gasteiger partial charge in [0.1, 0.15) is 0 Å². The average molecular weight is 283 g/mol. The van der Waals surface area contributed by atoms with Gasteiger partial charge in [0.2, 0.25) is 5.91 Å². The minimum atomic E-state index is -0.278. The first-order valence-corrected chi connectivity index (χ1v) is 6.32. The van der Waals surface area contributed by atoms with Crippen LogP contribution in [-0.4, -0.2) is 20.9 Å². The number of aromatic amines is 2. The number of nitrogen functional groups attached to an aromatic ring is 1. The first-order valence-electron chi connectivity index (χ1n) is 6.32. The number of nitrogens with two attached hydrogens (primary N) is 1. The van der Waals surface area contributed by atoms with E-state index >= 15 is 0 Å². The molecule has 0 aliphatic rings. The molecule has 2 aromatic heterocycles. The van der Waals surface area contributed by atoms with Crippen molar-refractivity contribution in [2.75, 3.05) is 11.1 Å². The van der Waals surface area contributed by atoms with E-state index in [1.54, 1.807) is 30.3 Å². The highest BCUT2D eigenvalue weighted by molar-refractivity contribution is 5.94. The number of anilines is 2. The average Bonchev–Trinajstić information content (AvgIpc) is 2.80. The quantitative estimate of drug-likeness (QED) is 0.574. The molecule has 3 rings (SSSR count). The molecule has 0 saturated carbocycles. The van der Waals surface area contributed by atoms with Crippen LogP contribution < -0.4 is 16.7 Å². The molecule has 21 heavy (non-hydrogen) atoms. The van der Waals surface area contributed by atoms with Crippen LogP contribution in [0, 0.1) is 0 Å². The summed E-state index contributed by atoms with van der Waals surface area (Å²) in [5.74, 6) is -0.190. The predicted octanol–water partition coefficient (Wildman–Crippen LogP) is 1.01. The largest absolute Gasteiger partial charge is 0.397 e. The molecule has 0 atom stereocenters. The lowest BCUT2D eigenvalue weighted by molar-refractivity contribution is -0.115. The summed E-state index contributed by atoms with van der Waals surface area (Å²) in [5.41, 5.74) is 8.40. The fourth-order valence-corrected chi connectivity index (χ4v) is 2.02. The Labute approximate surface area is 119 Å². The highest BCUT2D eigenvalue weighted by Crippen LogP contribution is 2.14. The summed E-state index contributed by atoms with van der Waals surface area (Å²) >= 11 is 0. The van der Waals surface area contributed by atoms with Crippen molar-refractivity contribution in [2.24, 2.45) is 0 Å². The molecule has 0 unspecified atom stereocenters. The first-order chi connectivity index (χ1) is 10.1. The number of carbonyl (C=O) groups is 1. The smallest absolute Gasteiger partial charge is 0.323 e. The Morgan fingerprint density at radius 1 is 1.19 bits per heavy atom. The lowest BCUT2D eigenvalue weighted by Gasteiger charge is -2.05. The van der Waals surface area contributed by atoms with Gasteiger partial charge in [-0.1, -0.05) is 0 Å². The van der Waals surface area contributed by atoms with Crippen molar-refractivity contribution >= 4 is 28.3 Å². The molecule has 106 valence electrons. The van der Waals surface area contributed by atoms with Crippen LogP contribution >= 0.6 is 0 Å². The third kappa shape index (κ3) is 2.92. The van der Waals surface area contributed by atoms with E-state index in [9.17, 15) is 9.59 Å². The second kappa shape index (κ2) is 5.12. The van der Waals surface area contributed by atoms with Crippen LogP contribution in [0.3, 0.4) is 0 Å². The Hall–Kier alpha value is -3.09. The summed E-state index contributed by atoms with van der Waals surface area (Å²) in [7, 11) is 0. The first kappa shape index (κ1) is 12.9. The summed E-state index contributed by atoms with van der Waals surface area (Å²) in [6.07, 6.45) is 1.67. The number of amides is 1. The Bertz CT molecular complexity index is 848. The van der Waals surface area contributed by atoms with Crippen molar-refractivity contribution in [2.45, 2.75) is 6.42 Å². The minimum Gasteiger partial charge on any atom is -0.397 e. The molecular formula is C14H13N5O2. The number of imidazole rings is 1. The monoisotopic (exact) mass is 283 g/mol. The standard InChI is InChI=1S/C14H13N5O2/c15-8-1-2-9(16-7-8)6-13(20)17-10-3-4-11-12(5-10)19-14(21)18-11/h1-5,7H,6,15H2,(H,17,20)(H2,18,19,21). The molecule has 7 nitrogen and oxygen atoms in total. The van der Waals surface area contributed by atoms with Crippen LogP contribution in [0.1, 0.15) is 5.69 Å². The van der Waals surface area contributed by atoms with Gasteiger partial charge in [-0.2, -0.15) is 0 Å². The fraction of sp³-hybridized carbons (Fsp3) is 0.0714. The van der Waals surface area contributed by atoms with E-state index in [1.807, 2.05) is 0 Å². The molecule has 3 aromatic rings. The van der Waals surface area contributed by atoms with Crippen LogP contribution in [0.4, 0.5) is 11.4 Å². The van der Waals surface area contributed by atoms with Gasteiger partial charge >= 0.3 is 5.69 Å². The molecule has 0 saturated heterocycles. The number of nitrogens with zero attached hydrogens (tertiary/aromatic N) is 1. The maximum Gasteiger partial charge on any atom is 0.323 e. The highest BCUT2D eigenvalue weighted by Gasteiger charge is 2.06. The Balaban J connectivity index is 1.73. The van der Waals surface area contributed by atoms with E-state index in [-0.39, 0.29) is 18.0 Å². The topological polar surface area (TPSA) is 117 Å². The zero-order valence-corrected chi connectivity index (χ0v) is 11.0. The van der Waals surface area contributed by atoms with E-state index in [2.05, 4.69) is 20.3 Å². The number of carbonyl (C=O) groups excluding carboxylic acids is 1. The molecule has 1 aromatic carbocycles. The van der Waals surface area contributed by atoms with E-state index in [1.165, 1.54) is 6.20 Å². The van der Waals surface area contributed by atoms with Crippen molar-refractivity contribution in [3.63, 3.8) is 0 Å².